The van der Waals surface area contributed by atoms with Gasteiger partial charge in [0.15, 0.2) is 0 Å². The van der Waals surface area contributed by atoms with Crippen LogP contribution in [0.2, 0.25) is 0 Å². The van der Waals surface area contributed by atoms with E-state index in [-0.39, 0.29) is 12.0 Å². The fourth-order valence-electron chi connectivity index (χ4n) is 3.78. The van der Waals surface area contributed by atoms with E-state index in [1.54, 1.807) is 0 Å². The fraction of sp³-hybridized carbons (Fsp3) is 0.812. The molecular formula is C16H27NO2. The maximum atomic E-state index is 11.6. The Balaban J connectivity index is 1.99. The summed E-state index contributed by atoms with van der Waals surface area (Å²) in [5.41, 5.74) is 1.35. The second-order valence-electron chi connectivity index (χ2n) is 6.51. The third kappa shape index (κ3) is 4.07. The molecule has 3 unspecified atom stereocenters. The van der Waals surface area contributed by atoms with Crippen LogP contribution < -0.4 is 5.32 Å². The molecule has 0 heterocycles. The van der Waals surface area contributed by atoms with Crippen molar-refractivity contribution < 1.29 is 9.90 Å². The van der Waals surface area contributed by atoms with Crippen molar-refractivity contribution >= 4 is 5.97 Å². The lowest BCUT2D eigenvalue weighted by Crippen LogP contribution is -2.49. The van der Waals surface area contributed by atoms with Gasteiger partial charge in [-0.15, -0.1) is 0 Å². The van der Waals surface area contributed by atoms with Crippen LogP contribution in [-0.4, -0.2) is 23.2 Å². The highest BCUT2D eigenvalue weighted by atomic mass is 16.4. The molecule has 2 rings (SSSR count). The smallest absolute Gasteiger partial charge is 0.321 e. The van der Waals surface area contributed by atoms with E-state index < -0.39 is 5.97 Å². The van der Waals surface area contributed by atoms with E-state index in [1.165, 1.54) is 24.8 Å². The molecule has 2 aliphatic rings. The predicted octanol–water partition coefficient (Wildman–Crippen LogP) is 3.35. The first-order valence-corrected chi connectivity index (χ1v) is 7.72. The average molecular weight is 265 g/mol. The van der Waals surface area contributed by atoms with Crippen LogP contribution in [0.25, 0.3) is 0 Å². The first kappa shape index (κ1) is 14.6. The molecule has 0 saturated heterocycles. The number of carboxylic acid groups (broad SMARTS) is 1. The van der Waals surface area contributed by atoms with E-state index in [1.807, 2.05) is 0 Å². The van der Waals surface area contributed by atoms with Crippen LogP contribution in [0.4, 0.5) is 0 Å². The molecule has 2 aliphatic carbocycles. The van der Waals surface area contributed by atoms with Crippen molar-refractivity contribution in [1.82, 2.24) is 5.32 Å². The summed E-state index contributed by atoms with van der Waals surface area (Å²) in [7, 11) is 0. The number of aliphatic carboxylic acids is 1. The van der Waals surface area contributed by atoms with Gasteiger partial charge in [-0.2, -0.15) is 0 Å². The Bertz CT molecular complexity index is 345. The molecule has 3 atom stereocenters. The van der Waals surface area contributed by atoms with Crippen molar-refractivity contribution in [2.24, 2.45) is 11.8 Å². The van der Waals surface area contributed by atoms with Crippen LogP contribution in [0, 0.1) is 11.8 Å². The summed E-state index contributed by atoms with van der Waals surface area (Å²) in [5, 5.41) is 13.0. The van der Waals surface area contributed by atoms with Crippen LogP contribution in [-0.2, 0) is 4.79 Å². The van der Waals surface area contributed by atoms with Gasteiger partial charge in [-0.1, -0.05) is 37.8 Å². The minimum atomic E-state index is -0.669. The Hall–Kier alpha value is -0.830. The highest BCUT2D eigenvalue weighted by Crippen LogP contribution is 2.31. The lowest BCUT2D eigenvalue weighted by atomic mass is 9.79. The third-order valence-electron chi connectivity index (χ3n) is 4.59. The molecule has 0 aromatic heterocycles. The maximum absolute atomic E-state index is 11.6. The molecule has 3 nitrogen and oxygen atoms in total. The predicted molar refractivity (Wildman–Crippen MR) is 77.1 cm³/mol. The summed E-state index contributed by atoms with van der Waals surface area (Å²) in [6.07, 6.45) is 10.3. The van der Waals surface area contributed by atoms with E-state index >= 15 is 0 Å². The van der Waals surface area contributed by atoms with E-state index in [4.69, 9.17) is 0 Å². The minimum Gasteiger partial charge on any atom is -0.480 e. The monoisotopic (exact) mass is 265 g/mol. The number of carbonyl (C=O) groups is 1. The molecule has 108 valence electrons. The van der Waals surface area contributed by atoms with E-state index in [9.17, 15) is 9.90 Å². The van der Waals surface area contributed by atoms with Crippen LogP contribution in [0.15, 0.2) is 11.6 Å². The number of carboxylic acids is 1. The van der Waals surface area contributed by atoms with Crippen molar-refractivity contribution in [1.29, 1.82) is 0 Å². The Labute approximate surface area is 116 Å². The molecule has 0 aromatic rings. The quantitative estimate of drug-likeness (QED) is 0.766. The second-order valence-corrected chi connectivity index (χ2v) is 6.51. The van der Waals surface area contributed by atoms with Gasteiger partial charge < -0.3 is 10.4 Å². The number of rotatable bonds is 4. The Kier molecular flexibility index (Phi) is 5.03. The maximum Gasteiger partial charge on any atom is 0.321 e. The minimum absolute atomic E-state index is 0.249. The van der Waals surface area contributed by atoms with Crippen molar-refractivity contribution in [3.63, 3.8) is 0 Å². The molecule has 0 aliphatic heterocycles. The van der Waals surface area contributed by atoms with Gasteiger partial charge in [0.1, 0.15) is 6.04 Å². The van der Waals surface area contributed by atoms with Crippen LogP contribution in [0.5, 0.6) is 0 Å². The van der Waals surface area contributed by atoms with Gasteiger partial charge in [-0.3, -0.25) is 4.79 Å². The number of nitrogens with one attached hydrogen (secondary N) is 1. The number of allylic oxidation sites excluding steroid dienone is 2. The first-order chi connectivity index (χ1) is 9.06. The standard InChI is InChI=1S/C16H27NO2/c1-11-8-12(2)10-13(9-11)15(16(18)19)17-14-6-4-3-5-7-14/h8,11,13-15,17H,3-7,9-10H2,1-2H3,(H,18,19). The van der Waals surface area contributed by atoms with Gasteiger partial charge in [0, 0.05) is 6.04 Å². The van der Waals surface area contributed by atoms with E-state index in [2.05, 4.69) is 25.2 Å². The highest BCUT2D eigenvalue weighted by molar-refractivity contribution is 5.74. The van der Waals surface area contributed by atoms with Crippen LogP contribution in [0.1, 0.15) is 58.8 Å². The van der Waals surface area contributed by atoms with Gasteiger partial charge in [0.05, 0.1) is 0 Å². The number of hydrogen-bond donors (Lipinski definition) is 2. The lowest BCUT2D eigenvalue weighted by molar-refractivity contribution is -0.141. The molecule has 19 heavy (non-hydrogen) atoms. The zero-order chi connectivity index (χ0) is 13.8. The molecule has 0 radical (unpaired) electrons. The van der Waals surface area contributed by atoms with Gasteiger partial charge >= 0.3 is 5.97 Å². The highest BCUT2D eigenvalue weighted by Gasteiger charge is 2.33. The molecule has 1 fully saturated rings. The van der Waals surface area contributed by atoms with Gasteiger partial charge in [-0.25, -0.2) is 0 Å². The molecule has 3 heteroatoms. The Morgan fingerprint density at radius 1 is 1.37 bits per heavy atom. The van der Waals surface area contributed by atoms with Crippen LogP contribution >= 0.6 is 0 Å². The summed E-state index contributed by atoms with van der Waals surface area (Å²) in [6.45, 7) is 4.32. The molecule has 0 bridgehead atoms. The molecular weight excluding hydrogens is 238 g/mol. The van der Waals surface area contributed by atoms with E-state index in [0.29, 0.717) is 12.0 Å². The zero-order valence-corrected chi connectivity index (χ0v) is 12.2. The van der Waals surface area contributed by atoms with Crippen molar-refractivity contribution in [3.8, 4) is 0 Å². The summed E-state index contributed by atoms with van der Waals surface area (Å²) in [4.78, 5) is 11.6. The summed E-state index contributed by atoms with van der Waals surface area (Å²) in [6, 6.07) is 0.0468. The molecule has 1 saturated carbocycles. The van der Waals surface area contributed by atoms with Crippen LogP contribution in [0.3, 0.4) is 0 Å². The molecule has 2 N–H and O–H groups in total. The van der Waals surface area contributed by atoms with Crippen molar-refractivity contribution in [3.05, 3.63) is 11.6 Å². The number of hydrogen-bond acceptors (Lipinski definition) is 2. The average Bonchev–Trinajstić information content (AvgIpc) is 2.35. The van der Waals surface area contributed by atoms with Gasteiger partial charge in [0.25, 0.3) is 0 Å². The normalized spacial score (nSPS) is 30.7. The van der Waals surface area contributed by atoms with Gasteiger partial charge in [-0.05, 0) is 44.4 Å². The van der Waals surface area contributed by atoms with Crippen molar-refractivity contribution in [2.75, 3.05) is 0 Å². The summed E-state index contributed by atoms with van der Waals surface area (Å²) < 4.78 is 0. The lowest BCUT2D eigenvalue weighted by Gasteiger charge is -2.34. The largest absolute Gasteiger partial charge is 0.480 e. The molecule has 0 amide bonds. The SMILES string of the molecule is CC1=CC(C)CC(C(NC2CCCCC2)C(=O)O)C1. The zero-order valence-electron chi connectivity index (χ0n) is 12.2. The van der Waals surface area contributed by atoms with Gasteiger partial charge in [0.2, 0.25) is 0 Å². The molecule has 0 aromatic carbocycles. The Morgan fingerprint density at radius 3 is 2.63 bits per heavy atom. The van der Waals surface area contributed by atoms with Crippen molar-refractivity contribution in [2.45, 2.75) is 70.9 Å². The molecule has 0 spiro atoms. The fourth-order valence-corrected chi connectivity index (χ4v) is 3.78. The second kappa shape index (κ2) is 6.56. The first-order valence-electron chi connectivity index (χ1n) is 7.72. The third-order valence-corrected chi connectivity index (χ3v) is 4.59. The summed E-state index contributed by atoms with van der Waals surface area (Å²) >= 11 is 0. The Morgan fingerprint density at radius 2 is 2.05 bits per heavy atom. The summed E-state index contributed by atoms with van der Waals surface area (Å²) in [5.74, 6) is 0.0886. The topological polar surface area (TPSA) is 49.3 Å². The van der Waals surface area contributed by atoms with E-state index in [0.717, 1.165) is 25.7 Å².